The molecule has 0 unspecified atom stereocenters. The lowest BCUT2D eigenvalue weighted by Crippen LogP contribution is -2.10. The largest absolute Gasteiger partial charge is 0.443 e. The van der Waals surface area contributed by atoms with Gasteiger partial charge in [-0.05, 0) is 24.6 Å². The van der Waals surface area contributed by atoms with Gasteiger partial charge in [0.25, 0.3) is 5.89 Å². The maximum absolute atomic E-state index is 11.1. The van der Waals surface area contributed by atoms with Crippen molar-refractivity contribution >= 4 is 17.2 Å². The summed E-state index contributed by atoms with van der Waals surface area (Å²) in [6.45, 7) is 1.93. The number of aryl methyl sites for hydroxylation is 1. The highest BCUT2D eigenvalue weighted by atomic mass is 32.1. The van der Waals surface area contributed by atoms with Crippen molar-refractivity contribution in [2.45, 2.75) is 6.92 Å². The molecule has 5 nitrogen and oxygen atoms in total. The minimum Gasteiger partial charge on any atom is -0.443 e. The van der Waals surface area contributed by atoms with E-state index >= 15 is 0 Å². The predicted molar refractivity (Wildman–Crippen MR) is 76.3 cm³/mol. The molecule has 100 valence electrons. The Morgan fingerprint density at radius 2 is 2.05 bits per heavy atom. The quantitative estimate of drug-likeness (QED) is 0.802. The molecule has 2 aromatic heterocycles. The molecule has 0 aliphatic heterocycles. The average Bonchev–Trinajstić information content (AvgIpc) is 3.08. The van der Waals surface area contributed by atoms with Crippen LogP contribution in [0.2, 0.25) is 0 Å². The summed E-state index contributed by atoms with van der Waals surface area (Å²) in [5.41, 5.74) is 7.61. The molecular formula is C14H11N3O2S. The van der Waals surface area contributed by atoms with Gasteiger partial charge >= 0.3 is 0 Å². The molecule has 0 spiro atoms. The molecular weight excluding hydrogens is 274 g/mol. The zero-order valence-electron chi connectivity index (χ0n) is 10.7. The Hall–Kier alpha value is -2.47. The SMILES string of the molecule is Cc1nc(-c2ncco2)sc1-c1ccc(C(N)=O)cc1. The fraction of sp³-hybridized carbons (Fsp3) is 0.0714. The molecule has 0 aliphatic rings. The van der Waals surface area contributed by atoms with E-state index in [0.717, 1.165) is 21.1 Å². The first-order valence-electron chi connectivity index (χ1n) is 5.92. The van der Waals surface area contributed by atoms with Gasteiger partial charge in [0.15, 0.2) is 5.01 Å². The topological polar surface area (TPSA) is 82.0 Å². The van der Waals surface area contributed by atoms with E-state index in [2.05, 4.69) is 9.97 Å². The standard InChI is InChI=1S/C14H11N3O2S/c1-8-11(9-2-4-10(5-3-9)12(15)18)20-14(17-8)13-16-6-7-19-13/h2-7H,1H3,(H2,15,18). The molecule has 0 fully saturated rings. The molecule has 0 saturated carbocycles. The Labute approximate surface area is 119 Å². The van der Waals surface area contributed by atoms with Gasteiger partial charge in [-0.25, -0.2) is 9.97 Å². The molecule has 3 aromatic rings. The van der Waals surface area contributed by atoms with E-state index in [1.165, 1.54) is 17.6 Å². The van der Waals surface area contributed by atoms with Crippen LogP contribution in [0.15, 0.2) is 41.1 Å². The molecule has 0 aliphatic carbocycles. The lowest BCUT2D eigenvalue weighted by atomic mass is 10.1. The van der Waals surface area contributed by atoms with Crippen LogP contribution in [0.4, 0.5) is 0 Å². The average molecular weight is 285 g/mol. The molecule has 0 bridgehead atoms. The van der Waals surface area contributed by atoms with Gasteiger partial charge in [0, 0.05) is 5.56 Å². The molecule has 2 N–H and O–H groups in total. The minimum absolute atomic E-state index is 0.432. The van der Waals surface area contributed by atoms with Crippen molar-refractivity contribution in [3.8, 4) is 21.3 Å². The van der Waals surface area contributed by atoms with E-state index in [9.17, 15) is 4.79 Å². The van der Waals surface area contributed by atoms with Gasteiger partial charge in [-0.15, -0.1) is 11.3 Å². The smallest absolute Gasteiger partial charge is 0.255 e. The summed E-state index contributed by atoms with van der Waals surface area (Å²) in [5, 5.41) is 0.737. The van der Waals surface area contributed by atoms with Crippen LogP contribution in [-0.2, 0) is 0 Å². The Morgan fingerprint density at radius 1 is 1.30 bits per heavy atom. The Kier molecular flexibility index (Phi) is 3.08. The molecule has 1 aromatic carbocycles. The van der Waals surface area contributed by atoms with Crippen molar-refractivity contribution < 1.29 is 9.21 Å². The Bertz CT molecular complexity index is 745. The number of thiazole rings is 1. The van der Waals surface area contributed by atoms with Crippen LogP contribution < -0.4 is 5.73 Å². The van der Waals surface area contributed by atoms with Crippen molar-refractivity contribution in [3.63, 3.8) is 0 Å². The summed E-state index contributed by atoms with van der Waals surface area (Å²) in [6, 6.07) is 7.14. The molecule has 2 heterocycles. The third-order valence-electron chi connectivity index (χ3n) is 2.84. The fourth-order valence-corrected chi connectivity index (χ4v) is 2.88. The second-order valence-electron chi connectivity index (χ2n) is 4.21. The number of aromatic nitrogens is 2. The molecule has 0 saturated heterocycles. The van der Waals surface area contributed by atoms with Crippen LogP contribution in [0.1, 0.15) is 16.1 Å². The van der Waals surface area contributed by atoms with Crippen molar-refractivity contribution in [1.29, 1.82) is 0 Å². The lowest BCUT2D eigenvalue weighted by Gasteiger charge is -2.00. The van der Waals surface area contributed by atoms with Crippen molar-refractivity contribution in [2.24, 2.45) is 5.73 Å². The van der Waals surface area contributed by atoms with Gasteiger partial charge in [-0.1, -0.05) is 12.1 Å². The summed E-state index contributed by atoms with van der Waals surface area (Å²) >= 11 is 1.50. The first kappa shape index (κ1) is 12.6. The van der Waals surface area contributed by atoms with Crippen LogP contribution in [0.3, 0.4) is 0 Å². The number of carbonyl (C=O) groups excluding carboxylic acids is 1. The molecule has 20 heavy (non-hydrogen) atoms. The molecule has 1 amide bonds. The third-order valence-corrected chi connectivity index (χ3v) is 4.04. The normalized spacial score (nSPS) is 10.7. The summed E-state index contributed by atoms with van der Waals surface area (Å²) in [5.74, 6) is 0.0798. The van der Waals surface area contributed by atoms with Gasteiger partial charge in [-0.3, -0.25) is 4.79 Å². The fourth-order valence-electron chi connectivity index (χ4n) is 1.87. The molecule has 0 radical (unpaired) electrons. The van der Waals surface area contributed by atoms with Crippen LogP contribution in [-0.4, -0.2) is 15.9 Å². The van der Waals surface area contributed by atoms with Crippen LogP contribution in [0, 0.1) is 6.92 Å². The highest BCUT2D eigenvalue weighted by Crippen LogP contribution is 2.34. The van der Waals surface area contributed by atoms with Crippen LogP contribution >= 0.6 is 11.3 Å². The monoisotopic (exact) mass is 285 g/mol. The van der Waals surface area contributed by atoms with Crippen LogP contribution in [0.5, 0.6) is 0 Å². The summed E-state index contributed by atoms with van der Waals surface area (Å²) in [6.07, 6.45) is 3.11. The number of amides is 1. The first-order chi connectivity index (χ1) is 9.65. The van der Waals surface area contributed by atoms with E-state index in [4.69, 9.17) is 10.2 Å². The minimum atomic E-state index is -0.432. The van der Waals surface area contributed by atoms with Gasteiger partial charge in [0.1, 0.15) is 6.26 Å². The van der Waals surface area contributed by atoms with Crippen molar-refractivity contribution in [2.75, 3.05) is 0 Å². The van der Waals surface area contributed by atoms with E-state index in [1.807, 2.05) is 19.1 Å². The van der Waals surface area contributed by atoms with E-state index in [1.54, 1.807) is 18.3 Å². The number of oxazole rings is 1. The number of nitrogens with two attached hydrogens (primary N) is 1. The second-order valence-corrected chi connectivity index (χ2v) is 5.21. The summed E-state index contributed by atoms with van der Waals surface area (Å²) in [4.78, 5) is 20.6. The summed E-state index contributed by atoms with van der Waals surface area (Å²) in [7, 11) is 0. The maximum Gasteiger partial charge on any atom is 0.255 e. The number of primary amides is 1. The number of nitrogens with zero attached hydrogens (tertiary/aromatic N) is 2. The Balaban J connectivity index is 2.00. The van der Waals surface area contributed by atoms with Gasteiger partial charge in [-0.2, -0.15) is 0 Å². The van der Waals surface area contributed by atoms with Gasteiger partial charge < -0.3 is 10.2 Å². The number of carbonyl (C=O) groups is 1. The second kappa shape index (κ2) is 4.90. The van der Waals surface area contributed by atoms with Gasteiger partial charge in [0.05, 0.1) is 16.8 Å². The van der Waals surface area contributed by atoms with Crippen molar-refractivity contribution in [1.82, 2.24) is 9.97 Å². The first-order valence-corrected chi connectivity index (χ1v) is 6.74. The number of rotatable bonds is 3. The number of hydrogen-bond acceptors (Lipinski definition) is 5. The Morgan fingerprint density at radius 3 is 2.65 bits per heavy atom. The van der Waals surface area contributed by atoms with E-state index in [-0.39, 0.29) is 0 Å². The zero-order chi connectivity index (χ0) is 14.1. The third kappa shape index (κ3) is 2.21. The number of hydrogen-bond donors (Lipinski definition) is 1. The van der Waals surface area contributed by atoms with E-state index < -0.39 is 5.91 Å². The van der Waals surface area contributed by atoms with Gasteiger partial charge in [0.2, 0.25) is 5.91 Å². The highest BCUT2D eigenvalue weighted by molar-refractivity contribution is 7.18. The van der Waals surface area contributed by atoms with E-state index in [0.29, 0.717) is 11.5 Å². The molecule has 3 rings (SSSR count). The van der Waals surface area contributed by atoms with Crippen LogP contribution in [0.25, 0.3) is 21.3 Å². The number of benzene rings is 1. The zero-order valence-corrected chi connectivity index (χ0v) is 11.5. The maximum atomic E-state index is 11.1. The summed E-state index contributed by atoms with van der Waals surface area (Å²) < 4.78 is 5.25. The lowest BCUT2D eigenvalue weighted by molar-refractivity contribution is 0.100. The predicted octanol–water partition coefficient (Wildman–Crippen LogP) is 2.87. The molecule has 0 atom stereocenters. The molecule has 6 heteroatoms. The highest BCUT2D eigenvalue weighted by Gasteiger charge is 2.14. The van der Waals surface area contributed by atoms with Crippen molar-refractivity contribution in [3.05, 3.63) is 48.0 Å².